The minimum atomic E-state index is -0.192. The Kier molecular flexibility index (Phi) is 9.43. The summed E-state index contributed by atoms with van der Waals surface area (Å²) < 4.78 is 11.8. The van der Waals surface area contributed by atoms with E-state index in [2.05, 4.69) is 43.3 Å². The van der Waals surface area contributed by atoms with Gasteiger partial charge in [0.25, 0.3) is 0 Å². The molecule has 0 heterocycles. The number of halogens is 2. The van der Waals surface area contributed by atoms with Crippen molar-refractivity contribution in [1.29, 1.82) is 0 Å². The molecule has 4 nitrogen and oxygen atoms in total. The van der Waals surface area contributed by atoms with E-state index < -0.39 is 0 Å². The zero-order valence-electron chi connectivity index (χ0n) is 19.6. The number of oxime groups is 1. The van der Waals surface area contributed by atoms with Gasteiger partial charge in [-0.1, -0.05) is 96.8 Å². The van der Waals surface area contributed by atoms with E-state index in [0.717, 1.165) is 22.8 Å². The molecule has 0 radical (unpaired) electrons. The minimum absolute atomic E-state index is 0.192. The molecule has 0 aliphatic heterocycles. The lowest BCUT2D eigenvalue weighted by Crippen LogP contribution is -2.19. The number of hydrogen-bond donors (Lipinski definition) is 0. The maximum Gasteiger partial charge on any atom is 0.134 e. The number of hydrogen-bond acceptors (Lipinski definition) is 4. The van der Waals surface area contributed by atoms with Crippen molar-refractivity contribution in [3.8, 4) is 11.5 Å². The summed E-state index contributed by atoms with van der Waals surface area (Å²) >= 11 is 11.2. The van der Waals surface area contributed by atoms with Crippen molar-refractivity contribution in [2.24, 2.45) is 5.16 Å². The molecule has 3 aromatic carbocycles. The minimum Gasteiger partial charge on any atom is -0.489 e. The van der Waals surface area contributed by atoms with Crippen molar-refractivity contribution >= 4 is 28.9 Å². The van der Waals surface area contributed by atoms with Crippen LogP contribution in [-0.2, 0) is 10.3 Å². The van der Waals surface area contributed by atoms with Gasteiger partial charge in [0.05, 0.1) is 0 Å². The Balaban J connectivity index is 1.66. The molecule has 0 aliphatic rings. The molecule has 0 saturated heterocycles. The number of rotatable bonds is 11. The number of ether oxygens (including phenoxy) is 2. The van der Waals surface area contributed by atoms with E-state index >= 15 is 0 Å². The third-order valence-corrected chi connectivity index (χ3v) is 5.73. The standard InChI is InChI=1S/C28H29Cl2NO3/c1-4-34-31-26(21-8-6-5-7-9-21)20-33-25-16-12-23(13-17-25)28(2,3)22-10-14-24(15-11-22)32-19-18-27(29)30/h5-18H,4,19-20H2,1-3H3. The van der Waals surface area contributed by atoms with E-state index in [4.69, 9.17) is 37.5 Å². The number of benzene rings is 3. The summed E-state index contributed by atoms with van der Waals surface area (Å²) in [6.07, 6.45) is 1.61. The summed E-state index contributed by atoms with van der Waals surface area (Å²) in [6, 6.07) is 26.1. The molecule has 0 atom stereocenters. The van der Waals surface area contributed by atoms with Crippen LogP contribution in [0.4, 0.5) is 0 Å². The zero-order valence-corrected chi connectivity index (χ0v) is 21.1. The van der Waals surface area contributed by atoms with Crippen molar-refractivity contribution < 1.29 is 14.3 Å². The van der Waals surface area contributed by atoms with Crippen molar-refractivity contribution in [3.05, 3.63) is 106 Å². The van der Waals surface area contributed by atoms with Gasteiger partial charge < -0.3 is 14.3 Å². The predicted octanol–water partition coefficient (Wildman–Crippen LogP) is 7.53. The second-order valence-corrected chi connectivity index (χ2v) is 9.10. The van der Waals surface area contributed by atoms with Crippen molar-refractivity contribution in [2.45, 2.75) is 26.2 Å². The fraction of sp³-hybridized carbons (Fsp3) is 0.250. The third kappa shape index (κ3) is 7.28. The highest BCUT2D eigenvalue weighted by Gasteiger charge is 2.23. The molecule has 3 rings (SSSR count). The lowest BCUT2D eigenvalue weighted by molar-refractivity contribution is 0.157. The molecule has 0 bridgehead atoms. The molecule has 34 heavy (non-hydrogen) atoms. The Morgan fingerprint density at radius 2 is 1.38 bits per heavy atom. The summed E-state index contributed by atoms with van der Waals surface area (Å²) in [4.78, 5) is 5.28. The average molecular weight is 498 g/mol. The summed E-state index contributed by atoms with van der Waals surface area (Å²) in [6.45, 7) is 7.44. The van der Waals surface area contributed by atoms with Crippen LogP contribution in [0.5, 0.6) is 11.5 Å². The Bertz CT molecular complexity index is 1090. The van der Waals surface area contributed by atoms with Gasteiger partial charge in [0.2, 0.25) is 0 Å². The summed E-state index contributed by atoms with van der Waals surface area (Å²) in [5, 5.41) is 4.22. The average Bonchev–Trinajstić information content (AvgIpc) is 2.85. The van der Waals surface area contributed by atoms with Crippen LogP contribution in [-0.4, -0.2) is 25.5 Å². The quantitative estimate of drug-likeness (QED) is 0.203. The van der Waals surface area contributed by atoms with Crippen LogP contribution in [0, 0.1) is 0 Å². The molecule has 0 fully saturated rings. The first kappa shape index (κ1) is 25.7. The first-order valence-electron chi connectivity index (χ1n) is 11.1. The molecule has 3 aromatic rings. The van der Waals surface area contributed by atoms with Crippen molar-refractivity contribution in [2.75, 3.05) is 19.8 Å². The van der Waals surface area contributed by atoms with E-state index in [9.17, 15) is 0 Å². The lowest BCUT2D eigenvalue weighted by atomic mass is 9.78. The van der Waals surface area contributed by atoms with E-state index in [1.54, 1.807) is 6.08 Å². The molecule has 6 heteroatoms. The van der Waals surface area contributed by atoms with E-state index in [1.807, 2.05) is 61.5 Å². The second-order valence-electron chi connectivity index (χ2n) is 8.09. The lowest BCUT2D eigenvalue weighted by Gasteiger charge is -2.26. The van der Waals surface area contributed by atoms with Crippen molar-refractivity contribution in [3.63, 3.8) is 0 Å². The second kappa shape index (κ2) is 12.5. The maximum absolute atomic E-state index is 6.01. The molecule has 0 spiro atoms. The van der Waals surface area contributed by atoms with Crippen molar-refractivity contribution in [1.82, 2.24) is 0 Å². The Hall–Kier alpha value is -2.95. The van der Waals surface area contributed by atoms with Gasteiger partial charge in [0, 0.05) is 11.0 Å². The molecule has 0 aromatic heterocycles. The van der Waals surface area contributed by atoms with Crippen LogP contribution in [0.3, 0.4) is 0 Å². The highest BCUT2D eigenvalue weighted by Crippen LogP contribution is 2.33. The van der Waals surface area contributed by atoms with Gasteiger partial charge in [-0.2, -0.15) is 0 Å². The van der Waals surface area contributed by atoms with Gasteiger partial charge in [-0.05, 0) is 48.4 Å². The molecule has 0 unspecified atom stereocenters. The molecule has 178 valence electrons. The first-order valence-corrected chi connectivity index (χ1v) is 11.9. The Labute approximate surface area is 211 Å². The highest BCUT2D eigenvalue weighted by molar-refractivity contribution is 6.55. The molecular weight excluding hydrogens is 469 g/mol. The Morgan fingerprint density at radius 1 is 0.824 bits per heavy atom. The Morgan fingerprint density at radius 3 is 1.91 bits per heavy atom. The smallest absolute Gasteiger partial charge is 0.134 e. The monoisotopic (exact) mass is 497 g/mol. The summed E-state index contributed by atoms with van der Waals surface area (Å²) in [5.41, 5.74) is 3.88. The fourth-order valence-electron chi connectivity index (χ4n) is 3.39. The van der Waals surface area contributed by atoms with Crippen LogP contribution in [0.25, 0.3) is 0 Å². The molecule has 0 N–H and O–H groups in total. The van der Waals surface area contributed by atoms with Gasteiger partial charge in [-0.25, -0.2) is 0 Å². The fourth-order valence-corrected chi connectivity index (χ4v) is 3.52. The topological polar surface area (TPSA) is 40.0 Å². The van der Waals surface area contributed by atoms with Crippen LogP contribution in [0.2, 0.25) is 0 Å². The third-order valence-electron chi connectivity index (χ3n) is 5.43. The van der Waals surface area contributed by atoms with Gasteiger partial charge >= 0.3 is 0 Å². The van der Waals surface area contributed by atoms with Gasteiger partial charge in [0.15, 0.2) is 0 Å². The van der Waals surface area contributed by atoms with E-state index in [1.165, 1.54) is 11.1 Å². The zero-order chi connectivity index (χ0) is 24.4. The van der Waals surface area contributed by atoms with Gasteiger partial charge in [-0.15, -0.1) is 0 Å². The van der Waals surface area contributed by atoms with E-state index in [-0.39, 0.29) is 9.91 Å². The van der Waals surface area contributed by atoms with Crippen LogP contribution >= 0.6 is 23.2 Å². The predicted molar refractivity (Wildman–Crippen MR) is 140 cm³/mol. The van der Waals surface area contributed by atoms with E-state index in [0.29, 0.717) is 19.8 Å². The molecule has 0 amide bonds. The maximum atomic E-state index is 6.01. The summed E-state index contributed by atoms with van der Waals surface area (Å²) in [7, 11) is 0. The number of nitrogens with zero attached hydrogens (tertiary/aromatic N) is 1. The highest BCUT2D eigenvalue weighted by atomic mass is 35.5. The van der Waals surface area contributed by atoms with Gasteiger partial charge in [-0.3, -0.25) is 0 Å². The normalized spacial score (nSPS) is 11.6. The van der Waals surface area contributed by atoms with Gasteiger partial charge in [0.1, 0.15) is 41.5 Å². The molecule has 0 saturated carbocycles. The molecular formula is C28H29Cl2NO3. The first-order chi connectivity index (χ1) is 16.4. The van der Waals surface area contributed by atoms with Crippen LogP contribution < -0.4 is 9.47 Å². The SMILES string of the molecule is CCON=C(COc1ccc(C(C)(C)c2ccc(OCC=C(Cl)Cl)cc2)cc1)c1ccccc1. The van der Waals surface area contributed by atoms with Crippen LogP contribution in [0.1, 0.15) is 37.5 Å². The van der Waals surface area contributed by atoms with Crippen LogP contribution in [0.15, 0.2) is 94.6 Å². The summed E-state index contributed by atoms with van der Waals surface area (Å²) in [5.74, 6) is 1.53. The molecule has 0 aliphatic carbocycles. The largest absolute Gasteiger partial charge is 0.489 e.